The Morgan fingerprint density at radius 1 is 1.38 bits per heavy atom. The van der Waals surface area contributed by atoms with Crippen molar-refractivity contribution in [2.24, 2.45) is 10.9 Å². The molecule has 0 spiro atoms. The van der Waals surface area contributed by atoms with Crippen molar-refractivity contribution in [1.82, 2.24) is 0 Å². The van der Waals surface area contributed by atoms with Gasteiger partial charge in [0.2, 0.25) is 12.2 Å². The topological polar surface area (TPSA) is 70.3 Å². The normalized spacial score (nSPS) is 22.9. The van der Waals surface area contributed by atoms with E-state index in [-0.39, 0.29) is 0 Å². The number of allylic oxidation sites excluding steroid dienone is 2. The minimum absolute atomic E-state index is 0.750. The van der Waals surface area contributed by atoms with Gasteiger partial charge >= 0.3 is 0 Å². The molecule has 1 saturated carbocycles. The van der Waals surface area contributed by atoms with Crippen LogP contribution in [0.5, 0.6) is 0 Å². The lowest BCUT2D eigenvalue weighted by Crippen LogP contribution is -1.91. The van der Waals surface area contributed by atoms with Crippen LogP contribution in [0.15, 0.2) is 16.3 Å². The summed E-state index contributed by atoms with van der Waals surface area (Å²) in [5, 5.41) is 5.40. The van der Waals surface area contributed by atoms with E-state index in [9.17, 15) is 4.79 Å². The molecule has 13 heavy (non-hydrogen) atoms. The second kappa shape index (κ2) is 4.51. The highest BCUT2D eigenvalue weighted by molar-refractivity contribution is 5.40. The van der Waals surface area contributed by atoms with Crippen molar-refractivity contribution >= 4 is 12.2 Å². The maximum atomic E-state index is 9.91. The van der Waals surface area contributed by atoms with Crippen molar-refractivity contribution in [2.45, 2.75) is 25.7 Å². The van der Waals surface area contributed by atoms with E-state index < -0.39 is 0 Å². The van der Waals surface area contributed by atoms with Crippen LogP contribution in [0.2, 0.25) is 0 Å². The molecule has 2 bridgehead atoms. The number of hydrogen-bond donors (Lipinski definition) is 1. The molecule has 1 fully saturated rings. The monoisotopic (exact) mass is 178 g/mol. The molecule has 0 amide bonds. The predicted octanol–water partition coefficient (Wildman–Crippen LogP) is 1.68. The Balaban J connectivity index is 0.000000251. The van der Waals surface area contributed by atoms with Gasteiger partial charge < -0.3 is 0 Å². The molecule has 0 heterocycles. The third kappa shape index (κ3) is 2.22. The molecule has 2 rings (SSSR count). The molecule has 1 atom stereocenters. The Morgan fingerprint density at radius 2 is 2.08 bits per heavy atom. The first-order valence-corrected chi connectivity index (χ1v) is 4.14. The zero-order valence-corrected chi connectivity index (χ0v) is 7.17. The van der Waals surface area contributed by atoms with Crippen LogP contribution in [0.1, 0.15) is 25.7 Å². The zero-order valence-electron chi connectivity index (χ0n) is 7.17. The quantitative estimate of drug-likeness (QED) is 0.490. The number of aliphatic imine (C=N–C) groups is 1. The second-order valence-electron chi connectivity index (χ2n) is 3.17. The summed E-state index contributed by atoms with van der Waals surface area (Å²) < 4.78 is 0. The number of nitrogens with zero attached hydrogens (tertiary/aromatic N) is 1. The number of rotatable bonds is 1. The zero-order chi connectivity index (χ0) is 9.68. The Labute approximate surface area is 75.9 Å². The third-order valence-corrected chi connectivity index (χ3v) is 2.46. The molecular formula is C9H10N2O2. The van der Waals surface area contributed by atoms with Gasteiger partial charge in [0.05, 0.1) is 5.70 Å². The van der Waals surface area contributed by atoms with Crippen molar-refractivity contribution < 1.29 is 9.59 Å². The van der Waals surface area contributed by atoms with Crippen molar-refractivity contribution in [2.75, 3.05) is 0 Å². The molecule has 4 nitrogen and oxygen atoms in total. The Morgan fingerprint density at radius 3 is 2.46 bits per heavy atom. The maximum Gasteiger partial charge on any atom is 0.240 e. The van der Waals surface area contributed by atoms with E-state index in [1.54, 1.807) is 6.08 Å². The summed E-state index contributed by atoms with van der Waals surface area (Å²) in [6.45, 7) is 0. The molecule has 0 aromatic carbocycles. The van der Waals surface area contributed by atoms with Gasteiger partial charge in [-0.25, -0.2) is 15.0 Å². The fourth-order valence-corrected chi connectivity index (χ4v) is 1.96. The van der Waals surface area contributed by atoms with Gasteiger partial charge in [-0.2, -0.15) is 4.99 Å². The SMILES string of the molecule is N=C=O.O=C=NC1=C2CCC(C2)C1. The fourth-order valence-electron chi connectivity index (χ4n) is 1.96. The van der Waals surface area contributed by atoms with E-state index in [1.807, 2.05) is 0 Å². The minimum atomic E-state index is 0.750. The largest absolute Gasteiger partial charge is 0.240 e. The molecule has 0 aliphatic heterocycles. The van der Waals surface area contributed by atoms with Crippen LogP contribution in [-0.4, -0.2) is 12.2 Å². The number of hydrogen-bond acceptors (Lipinski definition) is 4. The number of isocyanates is 2. The number of carbonyl (C=O) groups excluding carboxylic acids is 2. The smallest absolute Gasteiger partial charge is 0.222 e. The van der Waals surface area contributed by atoms with Crippen LogP contribution in [0.4, 0.5) is 0 Å². The molecule has 1 unspecified atom stereocenters. The highest BCUT2D eigenvalue weighted by atomic mass is 16.1. The van der Waals surface area contributed by atoms with E-state index in [0.717, 1.165) is 24.1 Å². The van der Waals surface area contributed by atoms with Gasteiger partial charge in [-0.15, -0.1) is 0 Å². The van der Waals surface area contributed by atoms with E-state index in [1.165, 1.54) is 24.8 Å². The van der Waals surface area contributed by atoms with Crippen LogP contribution in [0.3, 0.4) is 0 Å². The molecule has 2 aliphatic rings. The van der Waals surface area contributed by atoms with Crippen LogP contribution < -0.4 is 0 Å². The van der Waals surface area contributed by atoms with E-state index in [4.69, 9.17) is 10.2 Å². The molecule has 0 aromatic rings. The van der Waals surface area contributed by atoms with Crippen molar-refractivity contribution in [3.63, 3.8) is 0 Å². The average Bonchev–Trinajstić information content (AvgIpc) is 2.67. The summed E-state index contributed by atoms with van der Waals surface area (Å²) >= 11 is 0. The van der Waals surface area contributed by atoms with E-state index in [2.05, 4.69) is 4.99 Å². The molecule has 2 aliphatic carbocycles. The summed E-state index contributed by atoms with van der Waals surface area (Å²) in [6.07, 6.45) is 7.07. The molecule has 68 valence electrons. The highest BCUT2D eigenvalue weighted by Crippen LogP contribution is 2.44. The van der Waals surface area contributed by atoms with Gasteiger partial charge in [0.25, 0.3) is 0 Å². The van der Waals surface area contributed by atoms with Gasteiger partial charge in [0, 0.05) is 0 Å². The summed E-state index contributed by atoms with van der Waals surface area (Å²) in [5.41, 5.74) is 2.44. The van der Waals surface area contributed by atoms with Gasteiger partial charge in [-0.3, -0.25) is 0 Å². The summed E-state index contributed by atoms with van der Waals surface area (Å²) in [6, 6.07) is 0. The van der Waals surface area contributed by atoms with Gasteiger partial charge in [-0.1, -0.05) is 0 Å². The molecular weight excluding hydrogens is 168 g/mol. The fraction of sp³-hybridized carbons (Fsp3) is 0.556. The Bertz CT molecular complexity index is 308. The number of nitrogens with one attached hydrogen (secondary N) is 1. The number of fused-ring (bicyclic) bond motifs is 2. The summed E-state index contributed by atoms with van der Waals surface area (Å²) in [4.78, 5) is 21.9. The standard InChI is InChI=1S/C8H9NO.CHNO/c10-5-9-8-4-6-1-2-7(8)3-6;2-1-3/h6H,1-4H2;2H. The molecule has 0 aromatic heterocycles. The van der Waals surface area contributed by atoms with Crippen LogP contribution >= 0.6 is 0 Å². The lowest BCUT2D eigenvalue weighted by Gasteiger charge is -2.04. The first kappa shape index (κ1) is 9.59. The lowest BCUT2D eigenvalue weighted by atomic mass is 10.0. The minimum Gasteiger partial charge on any atom is -0.222 e. The lowest BCUT2D eigenvalue weighted by molar-refractivity contribution is 0.552. The molecule has 1 N–H and O–H groups in total. The Kier molecular flexibility index (Phi) is 3.32. The Hall–Kier alpha value is -1.50. The molecule has 4 heteroatoms. The van der Waals surface area contributed by atoms with E-state index >= 15 is 0 Å². The molecule has 0 radical (unpaired) electrons. The predicted molar refractivity (Wildman–Crippen MR) is 45.5 cm³/mol. The van der Waals surface area contributed by atoms with Gasteiger partial charge in [-0.05, 0) is 37.2 Å². The summed E-state index contributed by atoms with van der Waals surface area (Å²) in [5.74, 6) is 0.807. The molecule has 0 saturated heterocycles. The van der Waals surface area contributed by atoms with Gasteiger partial charge in [0.15, 0.2) is 0 Å². The van der Waals surface area contributed by atoms with Crippen LogP contribution in [-0.2, 0) is 9.59 Å². The van der Waals surface area contributed by atoms with Crippen molar-refractivity contribution in [3.8, 4) is 0 Å². The van der Waals surface area contributed by atoms with Crippen molar-refractivity contribution in [3.05, 3.63) is 11.3 Å². The van der Waals surface area contributed by atoms with Gasteiger partial charge in [0.1, 0.15) is 0 Å². The third-order valence-electron chi connectivity index (χ3n) is 2.46. The first-order valence-electron chi connectivity index (χ1n) is 4.14. The van der Waals surface area contributed by atoms with Crippen LogP contribution in [0.25, 0.3) is 0 Å². The first-order chi connectivity index (χ1) is 6.31. The summed E-state index contributed by atoms with van der Waals surface area (Å²) in [7, 11) is 0. The highest BCUT2D eigenvalue weighted by Gasteiger charge is 2.29. The maximum absolute atomic E-state index is 9.91. The van der Waals surface area contributed by atoms with Crippen LogP contribution in [0, 0.1) is 11.3 Å². The van der Waals surface area contributed by atoms with Crippen molar-refractivity contribution in [1.29, 1.82) is 5.41 Å². The van der Waals surface area contributed by atoms with E-state index in [0.29, 0.717) is 0 Å². The second-order valence-corrected chi connectivity index (χ2v) is 3.17. The average molecular weight is 178 g/mol.